The van der Waals surface area contributed by atoms with Crippen LogP contribution in [0, 0.1) is 0 Å². The molecule has 0 spiro atoms. The van der Waals surface area contributed by atoms with Crippen LogP contribution < -0.4 is 15.2 Å². The monoisotopic (exact) mass is 414 g/mol. The van der Waals surface area contributed by atoms with Crippen LogP contribution in [0.4, 0.5) is 0 Å². The highest BCUT2D eigenvalue weighted by molar-refractivity contribution is 6.10. The summed E-state index contributed by atoms with van der Waals surface area (Å²) < 4.78 is 17.1. The molecule has 6 rings (SSSR count). The van der Waals surface area contributed by atoms with E-state index < -0.39 is 0 Å². The zero-order chi connectivity index (χ0) is 21.3. The smallest absolute Gasteiger partial charge is 0.334 e. The van der Waals surface area contributed by atoms with Crippen LogP contribution >= 0.6 is 0 Å². The van der Waals surface area contributed by atoms with Crippen molar-refractivity contribution in [1.82, 2.24) is 28.9 Å². The van der Waals surface area contributed by atoms with Gasteiger partial charge in [0.2, 0.25) is 0 Å². The lowest BCUT2D eigenvalue weighted by Gasteiger charge is -2.21. The van der Waals surface area contributed by atoms with Crippen molar-refractivity contribution in [3.63, 3.8) is 0 Å². The van der Waals surface area contributed by atoms with Crippen molar-refractivity contribution < 1.29 is 9.47 Å². The van der Waals surface area contributed by atoms with E-state index in [1.165, 1.54) is 0 Å². The second kappa shape index (κ2) is 6.18. The van der Waals surface area contributed by atoms with Crippen LogP contribution in [0.2, 0.25) is 0 Å². The Labute approximate surface area is 176 Å². The third-order valence-corrected chi connectivity index (χ3v) is 5.76. The van der Waals surface area contributed by atoms with Crippen molar-refractivity contribution in [3.8, 4) is 28.4 Å². The molecule has 154 valence electrons. The summed E-state index contributed by atoms with van der Waals surface area (Å²) in [4.78, 5) is 22.4. The number of hydrogen-bond donors (Lipinski definition) is 0. The fourth-order valence-electron chi connectivity index (χ4n) is 4.31. The number of benzene rings is 1. The van der Waals surface area contributed by atoms with Crippen LogP contribution in [0.25, 0.3) is 38.9 Å². The fourth-order valence-corrected chi connectivity index (χ4v) is 4.31. The summed E-state index contributed by atoms with van der Waals surface area (Å²) in [5.74, 6) is 1.79. The van der Waals surface area contributed by atoms with Gasteiger partial charge in [0.25, 0.3) is 0 Å². The molecule has 0 bridgehead atoms. The average molecular weight is 414 g/mol. The highest BCUT2D eigenvalue weighted by Gasteiger charge is 2.27. The first-order valence-corrected chi connectivity index (χ1v) is 9.75. The molecule has 0 saturated heterocycles. The topological polar surface area (TPSA) is 89.0 Å². The van der Waals surface area contributed by atoms with Crippen molar-refractivity contribution >= 4 is 21.9 Å². The predicted molar refractivity (Wildman–Crippen MR) is 115 cm³/mol. The van der Waals surface area contributed by atoms with Crippen molar-refractivity contribution in [2.24, 2.45) is 14.1 Å². The van der Waals surface area contributed by atoms with Crippen molar-refractivity contribution in [2.75, 3.05) is 7.11 Å². The summed E-state index contributed by atoms with van der Waals surface area (Å²) in [6.45, 7) is 0.246. The molecule has 0 radical (unpaired) electrons. The highest BCUT2D eigenvalue weighted by Crippen LogP contribution is 2.46. The molecule has 1 aliphatic rings. The summed E-state index contributed by atoms with van der Waals surface area (Å²) in [7, 11) is 5.21. The predicted octanol–water partition coefficient (Wildman–Crippen LogP) is 2.57. The van der Waals surface area contributed by atoms with Crippen LogP contribution in [0.1, 0.15) is 5.56 Å². The number of ether oxygens (including phenoxy) is 2. The number of hydrogen-bond acceptors (Lipinski definition) is 6. The minimum Gasteiger partial charge on any atom is -0.496 e. The molecule has 1 aromatic carbocycles. The van der Waals surface area contributed by atoms with E-state index in [1.807, 2.05) is 31.4 Å². The molecular weight excluding hydrogens is 396 g/mol. The van der Waals surface area contributed by atoms with Gasteiger partial charge in [-0.05, 0) is 6.07 Å². The maximum absolute atomic E-state index is 13.3. The standard InChI is InChI=1S/C22H18N6O3/c1-26-10-13(8-25-26)17-16(30-3)7-14-18-19-15(9-24-14)27(2)22(29)28(19)21-12(5-4-6-23-21)11-31-20(17)18/h4-10H,11H2,1-3H3. The normalized spacial score (nSPS) is 12.6. The maximum Gasteiger partial charge on any atom is 0.334 e. The molecule has 0 unspecified atom stereocenters. The van der Waals surface area contributed by atoms with E-state index in [0.29, 0.717) is 33.9 Å². The quantitative estimate of drug-likeness (QED) is 0.441. The summed E-state index contributed by atoms with van der Waals surface area (Å²) in [6.07, 6.45) is 7.06. The molecule has 9 nitrogen and oxygen atoms in total. The fraction of sp³-hybridized carbons (Fsp3) is 0.182. The molecule has 5 aromatic rings. The molecule has 0 aliphatic carbocycles. The number of pyridine rings is 2. The Bertz CT molecular complexity index is 1580. The second-order valence-electron chi connectivity index (χ2n) is 7.52. The van der Waals surface area contributed by atoms with E-state index in [1.54, 1.807) is 46.6 Å². The molecule has 9 heteroatoms. The molecule has 0 atom stereocenters. The van der Waals surface area contributed by atoms with E-state index in [-0.39, 0.29) is 12.3 Å². The zero-order valence-electron chi connectivity index (χ0n) is 17.2. The van der Waals surface area contributed by atoms with Crippen LogP contribution in [0.15, 0.2) is 47.8 Å². The van der Waals surface area contributed by atoms with Gasteiger partial charge in [-0.2, -0.15) is 5.10 Å². The van der Waals surface area contributed by atoms with E-state index >= 15 is 0 Å². The van der Waals surface area contributed by atoms with Gasteiger partial charge in [-0.25, -0.2) is 14.3 Å². The molecule has 5 heterocycles. The Balaban J connectivity index is 1.88. The second-order valence-corrected chi connectivity index (χ2v) is 7.52. The number of aryl methyl sites for hydroxylation is 2. The van der Waals surface area contributed by atoms with E-state index in [4.69, 9.17) is 9.47 Å². The Kier molecular flexibility index (Phi) is 3.53. The number of imidazole rings is 1. The SMILES string of the molecule is COc1cc2ncc3c4c2c(c1-c1cnn(C)c1)OCc1cccnc1-n4c(=O)n3C. The van der Waals surface area contributed by atoms with Crippen molar-refractivity contribution in [2.45, 2.75) is 6.61 Å². The molecule has 4 aromatic heterocycles. The van der Waals surface area contributed by atoms with Gasteiger partial charge in [-0.1, -0.05) is 6.07 Å². The minimum absolute atomic E-state index is 0.184. The maximum atomic E-state index is 13.3. The largest absolute Gasteiger partial charge is 0.496 e. The molecule has 1 aliphatic heterocycles. The third-order valence-electron chi connectivity index (χ3n) is 5.76. The van der Waals surface area contributed by atoms with E-state index in [9.17, 15) is 4.79 Å². The van der Waals surface area contributed by atoms with Crippen LogP contribution in [-0.2, 0) is 20.7 Å². The van der Waals surface area contributed by atoms with E-state index in [2.05, 4.69) is 15.1 Å². The molecule has 0 N–H and O–H groups in total. The van der Waals surface area contributed by atoms with Crippen molar-refractivity contribution in [1.29, 1.82) is 0 Å². The van der Waals surface area contributed by atoms with Gasteiger partial charge in [0.15, 0.2) is 0 Å². The van der Waals surface area contributed by atoms with Crippen molar-refractivity contribution in [3.05, 3.63) is 59.0 Å². The molecule has 0 fully saturated rings. The Hall–Kier alpha value is -4.14. The van der Waals surface area contributed by atoms with Gasteiger partial charge in [0.05, 0.1) is 47.0 Å². The molecule has 31 heavy (non-hydrogen) atoms. The first-order chi connectivity index (χ1) is 15.1. The van der Waals surface area contributed by atoms with E-state index in [0.717, 1.165) is 22.1 Å². The number of nitrogens with zero attached hydrogens (tertiary/aromatic N) is 6. The third kappa shape index (κ3) is 2.31. The highest BCUT2D eigenvalue weighted by atomic mass is 16.5. The number of rotatable bonds is 2. The lowest BCUT2D eigenvalue weighted by Crippen LogP contribution is -2.23. The minimum atomic E-state index is -0.184. The Morgan fingerprint density at radius 1 is 1.19 bits per heavy atom. The van der Waals surface area contributed by atoms with Crippen LogP contribution in [0.3, 0.4) is 0 Å². The number of aromatic nitrogens is 6. The number of methoxy groups -OCH3 is 1. The number of fused-ring (bicyclic) bond motifs is 2. The summed E-state index contributed by atoms with van der Waals surface area (Å²) in [5, 5.41) is 5.06. The van der Waals surface area contributed by atoms with Gasteiger partial charge in [-0.3, -0.25) is 14.2 Å². The molecule has 0 amide bonds. The molecular formula is C22H18N6O3. The lowest BCUT2D eigenvalue weighted by molar-refractivity contribution is 0.307. The summed E-state index contributed by atoms with van der Waals surface area (Å²) >= 11 is 0. The van der Waals surface area contributed by atoms with Crippen LogP contribution in [0.5, 0.6) is 11.5 Å². The first-order valence-electron chi connectivity index (χ1n) is 9.75. The zero-order valence-corrected chi connectivity index (χ0v) is 17.2. The first kappa shape index (κ1) is 17.7. The summed E-state index contributed by atoms with van der Waals surface area (Å²) in [5.41, 5.74) is 4.33. The average Bonchev–Trinajstić information content (AvgIpc) is 3.31. The van der Waals surface area contributed by atoms with Gasteiger partial charge < -0.3 is 9.47 Å². The Morgan fingerprint density at radius 2 is 2.06 bits per heavy atom. The van der Waals surface area contributed by atoms with Gasteiger partial charge in [0.1, 0.15) is 23.9 Å². The van der Waals surface area contributed by atoms with Gasteiger partial charge >= 0.3 is 5.69 Å². The Morgan fingerprint density at radius 3 is 2.84 bits per heavy atom. The van der Waals surface area contributed by atoms with Gasteiger partial charge in [0, 0.05) is 43.7 Å². The lowest BCUT2D eigenvalue weighted by atomic mass is 10.0. The summed E-state index contributed by atoms with van der Waals surface area (Å²) in [6, 6.07) is 5.62. The van der Waals surface area contributed by atoms with Gasteiger partial charge in [-0.15, -0.1) is 0 Å². The van der Waals surface area contributed by atoms with Crippen LogP contribution in [-0.4, -0.2) is 36.0 Å². The molecule has 0 saturated carbocycles.